The van der Waals surface area contributed by atoms with Gasteiger partial charge in [-0.2, -0.15) is 0 Å². The number of thioether (sulfide) groups is 1. The minimum Gasteiger partial charge on any atom is -0.322 e. The van der Waals surface area contributed by atoms with Crippen molar-refractivity contribution in [2.45, 2.75) is 36.3 Å². The van der Waals surface area contributed by atoms with Crippen molar-refractivity contribution in [3.05, 3.63) is 119 Å². The fraction of sp³-hybridized carbons (Fsp3) is 0.138. The smallest absolute Gasteiger partial charge is 0.262 e. The zero-order valence-corrected chi connectivity index (χ0v) is 22.0. The quantitative estimate of drug-likeness (QED) is 0.248. The van der Waals surface area contributed by atoms with E-state index in [1.54, 1.807) is 36.9 Å². The van der Waals surface area contributed by atoms with E-state index in [0.29, 0.717) is 16.9 Å². The molecule has 5 nitrogen and oxygen atoms in total. The van der Waals surface area contributed by atoms with E-state index in [4.69, 9.17) is 0 Å². The zero-order valence-electron chi connectivity index (χ0n) is 20.4. The minimum absolute atomic E-state index is 0.0726. The molecule has 0 aliphatic heterocycles. The van der Waals surface area contributed by atoms with Crippen molar-refractivity contribution in [1.29, 1.82) is 0 Å². The first-order chi connectivity index (χ1) is 17.2. The van der Waals surface area contributed by atoms with Crippen molar-refractivity contribution in [3.63, 3.8) is 0 Å². The average molecular weight is 517 g/mol. The molecule has 4 rings (SSSR count). The Morgan fingerprint density at radius 3 is 2.22 bits per heavy atom. The van der Waals surface area contributed by atoms with E-state index >= 15 is 0 Å². The number of anilines is 2. The number of hydrogen-bond donors (Lipinski definition) is 2. The Bertz CT molecular complexity index is 1480. The SMILES string of the molecule is Cc1ccc(NS(=O)(=O)c2cc(C(=O)Nc3ccc(CSc4ccccc4)cc3)ccc2C)c(C)c1. The molecule has 1 amide bonds. The third kappa shape index (κ3) is 6.36. The van der Waals surface area contributed by atoms with Crippen molar-refractivity contribution >= 4 is 39.1 Å². The number of hydrogen-bond acceptors (Lipinski definition) is 4. The van der Waals surface area contributed by atoms with E-state index in [9.17, 15) is 13.2 Å². The fourth-order valence-corrected chi connectivity index (χ4v) is 6.01. The Balaban J connectivity index is 1.46. The van der Waals surface area contributed by atoms with Gasteiger partial charge in [0.1, 0.15) is 0 Å². The summed E-state index contributed by atoms with van der Waals surface area (Å²) in [5, 5.41) is 2.86. The molecular weight excluding hydrogens is 488 g/mol. The summed E-state index contributed by atoms with van der Waals surface area (Å²) in [6.45, 7) is 5.52. The molecule has 0 atom stereocenters. The molecule has 0 saturated heterocycles. The van der Waals surface area contributed by atoms with Gasteiger partial charge in [-0.15, -0.1) is 11.8 Å². The van der Waals surface area contributed by atoms with Gasteiger partial charge in [0, 0.05) is 21.9 Å². The highest BCUT2D eigenvalue weighted by molar-refractivity contribution is 7.98. The van der Waals surface area contributed by atoms with Crippen LogP contribution in [0.15, 0.2) is 101 Å². The van der Waals surface area contributed by atoms with Crippen LogP contribution in [0.2, 0.25) is 0 Å². The summed E-state index contributed by atoms with van der Waals surface area (Å²) in [6.07, 6.45) is 0. The van der Waals surface area contributed by atoms with E-state index in [1.165, 1.54) is 11.0 Å². The van der Waals surface area contributed by atoms with Crippen molar-refractivity contribution in [3.8, 4) is 0 Å². The third-order valence-electron chi connectivity index (χ3n) is 5.73. The largest absolute Gasteiger partial charge is 0.322 e. The van der Waals surface area contributed by atoms with Gasteiger partial charge in [0.25, 0.3) is 15.9 Å². The molecule has 0 radical (unpaired) electrons. The van der Waals surface area contributed by atoms with E-state index in [1.807, 2.05) is 68.4 Å². The van der Waals surface area contributed by atoms with Crippen LogP contribution in [0.1, 0.15) is 32.6 Å². The van der Waals surface area contributed by atoms with Gasteiger partial charge in [0.15, 0.2) is 0 Å². The molecule has 2 N–H and O–H groups in total. The highest BCUT2D eigenvalue weighted by Crippen LogP contribution is 2.25. The average Bonchev–Trinajstić information content (AvgIpc) is 2.86. The Morgan fingerprint density at radius 2 is 1.53 bits per heavy atom. The monoisotopic (exact) mass is 516 g/mol. The first kappa shape index (κ1) is 25.5. The summed E-state index contributed by atoms with van der Waals surface area (Å²) in [5.41, 5.74) is 5.01. The molecule has 184 valence electrons. The molecule has 0 heterocycles. The lowest BCUT2D eigenvalue weighted by atomic mass is 10.1. The summed E-state index contributed by atoms with van der Waals surface area (Å²) < 4.78 is 29.0. The highest BCUT2D eigenvalue weighted by Gasteiger charge is 2.20. The molecular formula is C29H28N2O3S2. The third-order valence-corrected chi connectivity index (χ3v) is 8.32. The summed E-state index contributed by atoms with van der Waals surface area (Å²) in [5.74, 6) is 0.453. The van der Waals surface area contributed by atoms with Crippen LogP contribution in [0.4, 0.5) is 11.4 Å². The molecule has 4 aromatic carbocycles. The van der Waals surface area contributed by atoms with Gasteiger partial charge < -0.3 is 5.32 Å². The number of amides is 1. The van der Waals surface area contributed by atoms with Gasteiger partial charge in [0.2, 0.25) is 0 Å². The molecule has 0 spiro atoms. The highest BCUT2D eigenvalue weighted by atomic mass is 32.2. The molecule has 0 unspecified atom stereocenters. The van der Waals surface area contributed by atoms with Gasteiger partial charge >= 0.3 is 0 Å². The normalized spacial score (nSPS) is 11.2. The Hall–Kier alpha value is -3.55. The van der Waals surface area contributed by atoms with Crippen LogP contribution in [0.5, 0.6) is 0 Å². The Kier molecular flexibility index (Phi) is 7.82. The number of benzene rings is 4. The van der Waals surface area contributed by atoms with Crippen LogP contribution < -0.4 is 10.0 Å². The van der Waals surface area contributed by atoms with Gasteiger partial charge in [-0.3, -0.25) is 9.52 Å². The summed E-state index contributed by atoms with van der Waals surface area (Å²) in [4.78, 5) is 14.2. The summed E-state index contributed by atoms with van der Waals surface area (Å²) in [7, 11) is -3.88. The predicted molar refractivity (Wildman–Crippen MR) is 148 cm³/mol. The first-order valence-corrected chi connectivity index (χ1v) is 14.0. The minimum atomic E-state index is -3.88. The van der Waals surface area contributed by atoms with E-state index in [2.05, 4.69) is 22.2 Å². The van der Waals surface area contributed by atoms with E-state index in [0.717, 1.165) is 22.4 Å². The number of aryl methyl sites for hydroxylation is 3. The fourth-order valence-electron chi connectivity index (χ4n) is 3.73. The van der Waals surface area contributed by atoms with Gasteiger partial charge in [-0.25, -0.2) is 8.42 Å². The molecule has 0 aromatic heterocycles. The van der Waals surface area contributed by atoms with Crippen molar-refractivity contribution in [2.24, 2.45) is 0 Å². The zero-order chi connectivity index (χ0) is 25.7. The first-order valence-electron chi connectivity index (χ1n) is 11.5. The van der Waals surface area contributed by atoms with Crippen LogP contribution in [-0.4, -0.2) is 14.3 Å². The lowest BCUT2D eigenvalue weighted by molar-refractivity contribution is 0.102. The van der Waals surface area contributed by atoms with E-state index in [-0.39, 0.29) is 16.4 Å². The maximum absolute atomic E-state index is 13.1. The Labute approximate surface area is 217 Å². The molecule has 0 aliphatic rings. The molecule has 4 aromatic rings. The molecule has 0 aliphatic carbocycles. The van der Waals surface area contributed by atoms with Crippen LogP contribution >= 0.6 is 11.8 Å². The van der Waals surface area contributed by atoms with Crippen LogP contribution in [0.3, 0.4) is 0 Å². The lowest BCUT2D eigenvalue weighted by Crippen LogP contribution is -2.17. The maximum atomic E-state index is 13.1. The van der Waals surface area contributed by atoms with Crippen LogP contribution in [0.25, 0.3) is 0 Å². The molecule has 0 saturated carbocycles. The predicted octanol–water partition coefficient (Wildman–Crippen LogP) is 6.96. The standard InChI is InChI=1S/C29H28N2O3S2/c1-20-9-16-27(22(3)17-20)31-36(33,34)28-18-24(13-10-21(28)2)29(32)30-25-14-11-23(12-15-25)19-35-26-7-5-4-6-8-26/h4-18,31H,19H2,1-3H3,(H,30,32). The molecule has 0 fully saturated rings. The summed E-state index contributed by atoms with van der Waals surface area (Å²) in [6, 6.07) is 28.1. The van der Waals surface area contributed by atoms with E-state index < -0.39 is 10.0 Å². The second-order valence-electron chi connectivity index (χ2n) is 8.66. The topological polar surface area (TPSA) is 75.3 Å². The van der Waals surface area contributed by atoms with Crippen LogP contribution in [0, 0.1) is 20.8 Å². The number of sulfonamides is 1. The Morgan fingerprint density at radius 1 is 0.806 bits per heavy atom. The number of nitrogens with one attached hydrogen (secondary N) is 2. The lowest BCUT2D eigenvalue weighted by Gasteiger charge is -2.14. The molecule has 36 heavy (non-hydrogen) atoms. The van der Waals surface area contributed by atoms with Crippen molar-refractivity contribution in [2.75, 3.05) is 10.0 Å². The second-order valence-corrected chi connectivity index (χ2v) is 11.4. The summed E-state index contributed by atoms with van der Waals surface area (Å²) >= 11 is 1.75. The van der Waals surface area contributed by atoms with Crippen LogP contribution in [-0.2, 0) is 15.8 Å². The number of carbonyl (C=O) groups is 1. The van der Waals surface area contributed by atoms with Gasteiger partial charge in [-0.1, -0.05) is 54.1 Å². The molecule has 0 bridgehead atoms. The van der Waals surface area contributed by atoms with Crippen molar-refractivity contribution in [1.82, 2.24) is 0 Å². The van der Waals surface area contributed by atoms with Gasteiger partial charge in [0.05, 0.1) is 10.6 Å². The second kappa shape index (κ2) is 11.0. The number of rotatable bonds is 8. The molecule has 7 heteroatoms. The van der Waals surface area contributed by atoms with Crippen molar-refractivity contribution < 1.29 is 13.2 Å². The number of carbonyl (C=O) groups excluding carboxylic acids is 1. The van der Waals surface area contributed by atoms with Gasteiger partial charge in [-0.05, 0) is 79.9 Å². The maximum Gasteiger partial charge on any atom is 0.262 e.